The van der Waals surface area contributed by atoms with Crippen LogP contribution in [0.25, 0.3) is 0 Å². The summed E-state index contributed by atoms with van der Waals surface area (Å²) in [5.41, 5.74) is 5.57. The first-order valence-electron chi connectivity index (χ1n) is 5.41. The lowest BCUT2D eigenvalue weighted by Crippen LogP contribution is -2.53. The smallest absolute Gasteiger partial charge is 0.240 e. The van der Waals surface area contributed by atoms with Gasteiger partial charge in [0.2, 0.25) is 5.91 Å². The predicted molar refractivity (Wildman–Crippen MR) is 57.9 cm³/mol. The standard InChI is InChI=1S/C11H22N2O/c1-10(2,3)8-13-9(14)11(12)6-4-5-7-11/h4-8,12H2,1-3H3,(H,13,14). The second-order valence-electron chi connectivity index (χ2n) is 5.61. The first-order chi connectivity index (χ1) is 6.33. The van der Waals surface area contributed by atoms with Crippen molar-refractivity contribution in [1.82, 2.24) is 5.32 Å². The predicted octanol–water partition coefficient (Wildman–Crippen LogP) is 1.42. The van der Waals surface area contributed by atoms with E-state index in [1.807, 2.05) is 0 Å². The van der Waals surface area contributed by atoms with Gasteiger partial charge in [0.1, 0.15) is 0 Å². The summed E-state index contributed by atoms with van der Waals surface area (Å²) in [7, 11) is 0. The van der Waals surface area contributed by atoms with Crippen molar-refractivity contribution < 1.29 is 4.79 Å². The van der Waals surface area contributed by atoms with Crippen LogP contribution in [0.15, 0.2) is 0 Å². The fraction of sp³-hybridized carbons (Fsp3) is 0.909. The molecular weight excluding hydrogens is 176 g/mol. The average molecular weight is 198 g/mol. The summed E-state index contributed by atoms with van der Waals surface area (Å²) in [6, 6.07) is 0. The second kappa shape index (κ2) is 3.89. The van der Waals surface area contributed by atoms with Crippen LogP contribution in [0.5, 0.6) is 0 Å². The summed E-state index contributed by atoms with van der Waals surface area (Å²) in [5, 5.41) is 2.94. The van der Waals surface area contributed by atoms with E-state index in [0.717, 1.165) is 25.7 Å². The van der Waals surface area contributed by atoms with Gasteiger partial charge in [0.25, 0.3) is 0 Å². The minimum Gasteiger partial charge on any atom is -0.354 e. The molecule has 1 saturated carbocycles. The molecule has 0 radical (unpaired) electrons. The van der Waals surface area contributed by atoms with Gasteiger partial charge in [0, 0.05) is 6.54 Å². The van der Waals surface area contributed by atoms with Crippen molar-refractivity contribution in [3.05, 3.63) is 0 Å². The van der Waals surface area contributed by atoms with Crippen LogP contribution in [0.3, 0.4) is 0 Å². The number of carbonyl (C=O) groups excluding carboxylic acids is 1. The highest BCUT2D eigenvalue weighted by atomic mass is 16.2. The topological polar surface area (TPSA) is 55.1 Å². The molecule has 0 aromatic carbocycles. The van der Waals surface area contributed by atoms with Crippen LogP contribution in [0.4, 0.5) is 0 Å². The third-order valence-corrected chi connectivity index (χ3v) is 2.73. The zero-order valence-electron chi connectivity index (χ0n) is 9.52. The number of amides is 1. The molecule has 1 rings (SSSR count). The molecular formula is C11H22N2O. The Bertz CT molecular complexity index is 212. The molecule has 0 heterocycles. The van der Waals surface area contributed by atoms with Crippen molar-refractivity contribution in [2.24, 2.45) is 11.1 Å². The monoisotopic (exact) mass is 198 g/mol. The molecule has 0 aliphatic heterocycles. The third kappa shape index (κ3) is 2.98. The molecule has 1 fully saturated rings. The summed E-state index contributed by atoms with van der Waals surface area (Å²) < 4.78 is 0. The first kappa shape index (κ1) is 11.5. The lowest BCUT2D eigenvalue weighted by molar-refractivity contribution is -0.126. The highest BCUT2D eigenvalue weighted by Gasteiger charge is 2.37. The largest absolute Gasteiger partial charge is 0.354 e. The highest BCUT2D eigenvalue weighted by Crippen LogP contribution is 2.27. The van der Waals surface area contributed by atoms with Crippen molar-refractivity contribution in [3.63, 3.8) is 0 Å². The Hall–Kier alpha value is -0.570. The maximum absolute atomic E-state index is 11.8. The number of carbonyl (C=O) groups is 1. The molecule has 1 aliphatic rings. The molecule has 3 heteroatoms. The van der Waals surface area contributed by atoms with Crippen molar-refractivity contribution in [2.45, 2.75) is 52.0 Å². The van der Waals surface area contributed by atoms with E-state index >= 15 is 0 Å². The first-order valence-corrected chi connectivity index (χ1v) is 5.41. The van der Waals surface area contributed by atoms with E-state index in [1.54, 1.807) is 0 Å². The van der Waals surface area contributed by atoms with Gasteiger partial charge >= 0.3 is 0 Å². The summed E-state index contributed by atoms with van der Waals surface area (Å²) in [6.45, 7) is 7.01. The van der Waals surface area contributed by atoms with Crippen LogP contribution in [0.1, 0.15) is 46.5 Å². The van der Waals surface area contributed by atoms with Crippen LogP contribution in [0, 0.1) is 5.41 Å². The van der Waals surface area contributed by atoms with Gasteiger partial charge in [-0.2, -0.15) is 0 Å². The zero-order chi connectivity index (χ0) is 10.8. The zero-order valence-corrected chi connectivity index (χ0v) is 9.52. The van der Waals surface area contributed by atoms with Gasteiger partial charge in [-0.05, 0) is 18.3 Å². The lowest BCUT2D eigenvalue weighted by atomic mass is 9.94. The molecule has 0 atom stereocenters. The van der Waals surface area contributed by atoms with Gasteiger partial charge in [-0.25, -0.2) is 0 Å². The normalized spacial score (nSPS) is 20.9. The van der Waals surface area contributed by atoms with Crippen LogP contribution >= 0.6 is 0 Å². The molecule has 82 valence electrons. The molecule has 0 aromatic heterocycles. The quantitative estimate of drug-likeness (QED) is 0.705. The van der Waals surface area contributed by atoms with E-state index in [0.29, 0.717) is 6.54 Å². The minimum absolute atomic E-state index is 0.0323. The summed E-state index contributed by atoms with van der Waals surface area (Å²) in [4.78, 5) is 11.8. The maximum Gasteiger partial charge on any atom is 0.240 e. The average Bonchev–Trinajstić information content (AvgIpc) is 2.48. The molecule has 14 heavy (non-hydrogen) atoms. The molecule has 1 amide bonds. The van der Waals surface area contributed by atoms with Crippen LogP contribution in [-0.2, 0) is 4.79 Å². The third-order valence-electron chi connectivity index (χ3n) is 2.73. The van der Waals surface area contributed by atoms with Crippen molar-refractivity contribution in [2.75, 3.05) is 6.54 Å². The number of nitrogens with two attached hydrogens (primary N) is 1. The van der Waals surface area contributed by atoms with E-state index in [4.69, 9.17) is 5.73 Å². The minimum atomic E-state index is -0.578. The Morgan fingerprint density at radius 1 is 1.36 bits per heavy atom. The van der Waals surface area contributed by atoms with E-state index in [9.17, 15) is 4.79 Å². The van der Waals surface area contributed by atoms with Crippen LogP contribution in [-0.4, -0.2) is 18.0 Å². The van der Waals surface area contributed by atoms with E-state index in [-0.39, 0.29) is 11.3 Å². The number of rotatable bonds is 2. The van der Waals surface area contributed by atoms with Crippen molar-refractivity contribution in [1.29, 1.82) is 0 Å². The van der Waals surface area contributed by atoms with E-state index in [1.165, 1.54) is 0 Å². The molecule has 0 aromatic rings. The van der Waals surface area contributed by atoms with E-state index in [2.05, 4.69) is 26.1 Å². The molecule has 1 aliphatic carbocycles. The Balaban J connectivity index is 2.42. The Morgan fingerprint density at radius 2 is 1.86 bits per heavy atom. The molecule has 0 saturated heterocycles. The Kier molecular flexibility index (Phi) is 3.20. The number of hydrogen-bond acceptors (Lipinski definition) is 2. The fourth-order valence-electron chi connectivity index (χ4n) is 1.75. The molecule has 0 bridgehead atoms. The summed E-state index contributed by atoms with van der Waals surface area (Å²) in [5.74, 6) is 0.0323. The molecule has 0 spiro atoms. The van der Waals surface area contributed by atoms with Crippen LogP contribution < -0.4 is 11.1 Å². The van der Waals surface area contributed by atoms with Crippen LogP contribution in [0.2, 0.25) is 0 Å². The van der Waals surface area contributed by atoms with Gasteiger partial charge in [-0.3, -0.25) is 4.79 Å². The molecule has 0 unspecified atom stereocenters. The fourth-order valence-corrected chi connectivity index (χ4v) is 1.75. The number of nitrogens with one attached hydrogen (secondary N) is 1. The van der Waals surface area contributed by atoms with Gasteiger partial charge < -0.3 is 11.1 Å². The molecule has 3 N–H and O–H groups in total. The summed E-state index contributed by atoms with van der Waals surface area (Å²) >= 11 is 0. The SMILES string of the molecule is CC(C)(C)CNC(=O)C1(N)CCCC1. The Morgan fingerprint density at radius 3 is 2.29 bits per heavy atom. The van der Waals surface area contributed by atoms with Gasteiger partial charge in [-0.15, -0.1) is 0 Å². The second-order valence-corrected chi connectivity index (χ2v) is 5.61. The van der Waals surface area contributed by atoms with E-state index < -0.39 is 5.54 Å². The van der Waals surface area contributed by atoms with Crippen molar-refractivity contribution in [3.8, 4) is 0 Å². The maximum atomic E-state index is 11.8. The van der Waals surface area contributed by atoms with Crippen molar-refractivity contribution >= 4 is 5.91 Å². The summed E-state index contributed by atoms with van der Waals surface area (Å²) in [6.07, 6.45) is 3.84. The highest BCUT2D eigenvalue weighted by molar-refractivity contribution is 5.86. The van der Waals surface area contributed by atoms with Gasteiger partial charge in [0.05, 0.1) is 5.54 Å². The molecule has 3 nitrogen and oxygen atoms in total. The lowest BCUT2D eigenvalue weighted by Gasteiger charge is -2.25. The Labute approximate surface area is 86.4 Å². The number of hydrogen-bond donors (Lipinski definition) is 2. The van der Waals surface area contributed by atoms with Gasteiger partial charge in [0.15, 0.2) is 0 Å². The van der Waals surface area contributed by atoms with Gasteiger partial charge in [-0.1, -0.05) is 33.6 Å².